The van der Waals surface area contributed by atoms with E-state index in [4.69, 9.17) is 4.42 Å². The maximum absolute atomic E-state index is 13.4. The number of furan rings is 1. The Kier molecular flexibility index (Phi) is 5.28. The van der Waals surface area contributed by atoms with Gasteiger partial charge in [-0.05, 0) is 31.5 Å². The van der Waals surface area contributed by atoms with Crippen LogP contribution in [0.3, 0.4) is 0 Å². The Balaban J connectivity index is 1.59. The van der Waals surface area contributed by atoms with Crippen molar-refractivity contribution in [2.24, 2.45) is 0 Å². The molecule has 1 saturated heterocycles. The van der Waals surface area contributed by atoms with Crippen molar-refractivity contribution in [3.8, 4) is 0 Å². The van der Waals surface area contributed by atoms with E-state index in [-0.39, 0.29) is 18.0 Å². The number of piperazine rings is 1. The van der Waals surface area contributed by atoms with Gasteiger partial charge in [0.05, 0.1) is 12.8 Å². The fourth-order valence-electron chi connectivity index (χ4n) is 4.03. The van der Waals surface area contributed by atoms with Crippen LogP contribution in [0.4, 0.5) is 4.79 Å². The van der Waals surface area contributed by atoms with Crippen molar-refractivity contribution in [1.82, 2.24) is 19.3 Å². The quantitative estimate of drug-likeness (QED) is 0.667. The third kappa shape index (κ3) is 3.67. The zero-order valence-corrected chi connectivity index (χ0v) is 18.0. The number of benzene rings is 1. The van der Waals surface area contributed by atoms with Gasteiger partial charge in [-0.1, -0.05) is 29.8 Å². The SMILES string of the molecule is Cc1ccc(Cn2c(C(=O)N3CCN(C(=O)N(C)C)C(C)C3)cc3ccoc32)cc1. The van der Waals surface area contributed by atoms with Crippen LogP contribution in [0.25, 0.3) is 11.1 Å². The lowest BCUT2D eigenvalue weighted by atomic mass is 10.1. The first-order chi connectivity index (χ1) is 14.3. The standard InChI is InChI=1S/C23H28N4O3/c1-16-5-7-18(8-6-16)15-27-20(13-19-9-12-30-22(19)27)21(28)25-10-11-26(17(2)14-25)23(29)24(3)4/h5-9,12-13,17H,10-11,14-15H2,1-4H3. The molecular formula is C23H28N4O3. The number of rotatable bonds is 3. The normalized spacial score (nSPS) is 16.9. The van der Waals surface area contributed by atoms with E-state index in [9.17, 15) is 9.59 Å². The highest BCUT2D eigenvalue weighted by Crippen LogP contribution is 2.25. The molecule has 1 aliphatic heterocycles. The average molecular weight is 409 g/mol. The summed E-state index contributed by atoms with van der Waals surface area (Å²) in [4.78, 5) is 31.0. The van der Waals surface area contributed by atoms with Gasteiger partial charge >= 0.3 is 6.03 Å². The first-order valence-electron chi connectivity index (χ1n) is 10.2. The number of carbonyl (C=O) groups is 2. The number of amides is 3. The molecule has 0 saturated carbocycles. The van der Waals surface area contributed by atoms with Crippen molar-refractivity contribution in [3.63, 3.8) is 0 Å². The molecule has 30 heavy (non-hydrogen) atoms. The molecule has 7 nitrogen and oxygen atoms in total. The van der Waals surface area contributed by atoms with Crippen molar-refractivity contribution in [2.75, 3.05) is 33.7 Å². The minimum atomic E-state index is -0.0406. The Bertz CT molecular complexity index is 1060. The number of hydrogen-bond donors (Lipinski definition) is 0. The van der Waals surface area contributed by atoms with E-state index in [1.807, 2.05) is 33.4 Å². The number of aryl methyl sites for hydroxylation is 1. The molecule has 0 radical (unpaired) electrons. The Morgan fingerprint density at radius 2 is 1.87 bits per heavy atom. The monoisotopic (exact) mass is 408 g/mol. The maximum atomic E-state index is 13.4. The second-order valence-corrected chi connectivity index (χ2v) is 8.25. The zero-order chi connectivity index (χ0) is 21.4. The minimum absolute atomic E-state index is 0.0186. The van der Waals surface area contributed by atoms with Crippen LogP contribution in [0.5, 0.6) is 0 Å². The molecule has 0 bridgehead atoms. The van der Waals surface area contributed by atoms with Gasteiger partial charge in [-0.3, -0.25) is 4.79 Å². The molecular weight excluding hydrogens is 380 g/mol. The highest BCUT2D eigenvalue weighted by molar-refractivity contribution is 5.98. The molecule has 1 fully saturated rings. The zero-order valence-electron chi connectivity index (χ0n) is 18.0. The van der Waals surface area contributed by atoms with E-state index in [1.165, 1.54) is 5.56 Å². The predicted octanol–water partition coefficient (Wildman–Crippen LogP) is 3.42. The summed E-state index contributed by atoms with van der Waals surface area (Å²) in [7, 11) is 3.50. The maximum Gasteiger partial charge on any atom is 0.319 e. The molecule has 0 spiro atoms. The molecule has 1 atom stereocenters. The van der Waals surface area contributed by atoms with Gasteiger partial charge in [0.25, 0.3) is 5.91 Å². The number of fused-ring (bicyclic) bond motifs is 1. The molecule has 0 aliphatic carbocycles. The van der Waals surface area contributed by atoms with E-state index in [0.717, 1.165) is 10.9 Å². The Morgan fingerprint density at radius 3 is 2.53 bits per heavy atom. The summed E-state index contributed by atoms with van der Waals surface area (Å²) in [6, 6.07) is 12.0. The van der Waals surface area contributed by atoms with Crippen LogP contribution in [-0.4, -0.2) is 71.0 Å². The highest BCUT2D eigenvalue weighted by Gasteiger charge is 2.32. The molecule has 7 heteroatoms. The molecule has 1 unspecified atom stereocenters. The van der Waals surface area contributed by atoms with Crippen LogP contribution < -0.4 is 0 Å². The van der Waals surface area contributed by atoms with Gasteiger partial charge in [-0.25, -0.2) is 4.79 Å². The fraction of sp³-hybridized carbons (Fsp3) is 0.391. The van der Waals surface area contributed by atoms with Gasteiger partial charge in [-0.2, -0.15) is 0 Å². The number of nitrogens with zero attached hydrogens (tertiary/aromatic N) is 4. The van der Waals surface area contributed by atoms with Crippen LogP contribution in [-0.2, 0) is 6.54 Å². The molecule has 158 valence electrons. The van der Waals surface area contributed by atoms with E-state index < -0.39 is 0 Å². The Morgan fingerprint density at radius 1 is 1.13 bits per heavy atom. The van der Waals surface area contributed by atoms with Crippen molar-refractivity contribution in [2.45, 2.75) is 26.4 Å². The van der Waals surface area contributed by atoms with Crippen molar-refractivity contribution < 1.29 is 14.0 Å². The van der Waals surface area contributed by atoms with Crippen LogP contribution in [0, 0.1) is 6.92 Å². The topological polar surface area (TPSA) is 61.9 Å². The molecule has 3 amide bonds. The third-order valence-corrected chi connectivity index (χ3v) is 5.73. The summed E-state index contributed by atoms with van der Waals surface area (Å²) >= 11 is 0. The van der Waals surface area contributed by atoms with Gasteiger partial charge in [0.1, 0.15) is 5.69 Å². The van der Waals surface area contributed by atoms with Crippen molar-refractivity contribution in [1.29, 1.82) is 0 Å². The molecule has 1 aliphatic rings. The molecule has 2 aromatic heterocycles. The summed E-state index contributed by atoms with van der Waals surface area (Å²) in [6.45, 7) is 6.15. The predicted molar refractivity (Wildman–Crippen MR) is 116 cm³/mol. The van der Waals surface area contributed by atoms with Gasteiger partial charge in [0.15, 0.2) is 0 Å². The molecule has 0 N–H and O–H groups in total. The molecule has 3 heterocycles. The Hall–Kier alpha value is -3.22. The number of carbonyl (C=O) groups excluding carboxylic acids is 2. The summed E-state index contributed by atoms with van der Waals surface area (Å²) in [5.41, 5.74) is 3.63. The molecule has 3 aromatic rings. The van der Waals surface area contributed by atoms with Crippen molar-refractivity contribution in [3.05, 3.63) is 59.5 Å². The number of hydrogen-bond acceptors (Lipinski definition) is 3. The summed E-state index contributed by atoms with van der Waals surface area (Å²) in [5.74, 6) is -0.0303. The van der Waals surface area contributed by atoms with E-state index in [0.29, 0.717) is 37.6 Å². The Labute approximate surface area is 176 Å². The van der Waals surface area contributed by atoms with E-state index in [2.05, 4.69) is 31.2 Å². The lowest BCUT2D eigenvalue weighted by Crippen LogP contribution is -2.57. The summed E-state index contributed by atoms with van der Waals surface area (Å²) in [6.07, 6.45) is 1.65. The molecule has 1 aromatic carbocycles. The minimum Gasteiger partial charge on any atom is -0.448 e. The van der Waals surface area contributed by atoms with Crippen molar-refractivity contribution >= 4 is 23.0 Å². The second kappa shape index (κ2) is 7.89. The number of urea groups is 1. The van der Waals surface area contributed by atoms with Gasteiger partial charge in [-0.15, -0.1) is 0 Å². The van der Waals surface area contributed by atoms with Crippen LogP contribution in [0.1, 0.15) is 28.5 Å². The lowest BCUT2D eigenvalue weighted by molar-refractivity contribution is 0.0542. The van der Waals surface area contributed by atoms with Gasteiger partial charge < -0.3 is 23.7 Å². The van der Waals surface area contributed by atoms with Crippen LogP contribution in [0.15, 0.2) is 47.1 Å². The van der Waals surface area contributed by atoms with Crippen LogP contribution in [0.2, 0.25) is 0 Å². The molecule has 4 rings (SSSR count). The fourth-order valence-corrected chi connectivity index (χ4v) is 4.03. The second-order valence-electron chi connectivity index (χ2n) is 8.25. The highest BCUT2D eigenvalue weighted by atomic mass is 16.3. The third-order valence-electron chi connectivity index (χ3n) is 5.73. The summed E-state index contributed by atoms with van der Waals surface area (Å²) in [5, 5.41) is 0.917. The van der Waals surface area contributed by atoms with E-state index >= 15 is 0 Å². The first kappa shape index (κ1) is 20.1. The van der Waals surface area contributed by atoms with E-state index in [1.54, 1.807) is 25.3 Å². The van der Waals surface area contributed by atoms with Gasteiger partial charge in [0.2, 0.25) is 5.71 Å². The van der Waals surface area contributed by atoms with Crippen LogP contribution >= 0.6 is 0 Å². The van der Waals surface area contributed by atoms with Gasteiger partial charge in [0, 0.05) is 45.2 Å². The largest absolute Gasteiger partial charge is 0.448 e. The lowest BCUT2D eigenvalue weighted by Gasteiger charge is -2.40. The smallest absolute Gasteiger partial charge is 0.319 e. The first-order valence-corrected chi connectivity index (χ1v) is 10.2. The number of aromatic nitrogens is 1. The average Bonchev–Trinajstić information content (AvgIpc) is 3.31. The summed E-state index contributed by atoms with van der Waals surface area (Å²) < 4.78 is 7.64.